The van der Waals surface area contributed by atoms with Gasteiger partial charge in [-0.3, -0.25) is 14.9 Å². The zero-order chi connectivity index (χ0) is 28.7. The lowest BCUT2D eigenvalue weighted by Gasteiger charge is -2.45. The second kappa shape index (κ2) is 10.9. The molecule has 2 bridgehead atoms. The molecule has 0 aromatic heterocycles. The molecule has 6 rings (SSSR count). The third-order valence-corrected chi connectivity index (χ3v) is 9.07. The Balaban J connectivity index is 1.13. The molecule has 41 heavy (non-hydrogen) atoms. The van der Waals surface area contributed by atoms with E-state index in [1.54, 1.807) is 12.1 Å². The maximum Gasteiger partial charge on any atom is 0.411 e. The Morgan fingerprint density at radius 3 is 2.39 bits per heavy atom. The first-order valence-electron chi connectivity index (χ1n) is 13.9. The number of hydrogen-bond acceptors (Lipinski definition) is 5. The number of morpholine rings is 1. The van der Waals surface area contributed by atoms with Gasteiger partial charge in [0, 0.05) is 30.4 Å². The number of anilines is 2. The van der Waals surface area contributed by atoms with E-state index in [0.717, 1.165) is 34.0 Å². The number of carbonyl (C=O) groups excluding carboxylic acids is 3. The van der Waals surface area contributed by atoms with E-state index in [1.165, 1.54) is 6.07 Å². The number of fused-ring (bicyclic) bond motifs is 5. The Hall–Kier alpha value is -3.72. The maximum absolute atomic E-state index is 13.1. The van der Waals surface area contributed by atoms with Crippen LogP contribution in [0.5, 0.6) is 0 Å². The molecule has 9 heteroatoms. The molecule has 5 atom stereocenters. The first-order valence-corrected chi connectivity index (χ1v) is 14.3. The quantitative estimate of drug-likeness (QED) is 0.204. The van der Waals surface area contributed by atoms with Crippen LogP contribution in [0.2, 0.25) is 5.02 Å². The van der Waals surface area contributed by atoms with E-state index in [4.69, 9.17) is 21.1 Å². The van der Waals surface area contributed by atoms with Gasteiger partial charge in [-0.15, -0.1) is 0 Å². The minimum Gasteiger partial charge on any atom is -0.445 e. The highest BCUT2D eigenvalue weighted by Gasteiger charge is 2.70. The predicted molar refractivity (Wildman–Crippen MR) is 157 cm³/mol. The number of piperidine rings is 1. The summed E-state index contributed by atoms with van der Waals surface area (Å²) in [4.78, 5) is 36.7. The summed E-state index contributed by atoms with van der Waals surface area (Å²) < 4.78 is 12.7. The largest absolute Gasteiger partial charge is 0.445 e. The number of hydrogen-bond donors (Lipinski definition) is 2. The number of amides is 2. The van der Waals surface area contributed by atoms with Gasteiger partial charge in [-0.2, -0.15) is 0 Å². The monoisotopic (exact) mass is 574 g/mol. The molecule has 3 aliphatic heterocycles. The summed E-state index contributed by atoms with van der Waals surface area (Å²) in [6, 6.07) is 21.1. The summed E-state index contributed by atoms with van der Waals surface area (Å²) in [7, 11) is 4.49. The SMILES string of the molecule is C[N+]1(C)[C@@H]2CC(OC(=O)Nc3cc(CCC(=O)Nc4ccc(C=O)cc4Cl)ccc3-c3ccccc3)C[C@H]1[C@@H]1O[C@@H]12. The van der Waals surface area contributed by atoms with Crippen molar-refractivity contribution in [3.05, 3.63) is 82.9 Å². The van der Waals surface area contributed by atoms with Crippen LogP contribution in [0.15, 0.2) is 66.7 Å². The third-order valence-electron chi connectivity index (χ3n) is 8.76. The zero-order valence-corrected chi connectivity index (χ0v) is 23.8. The van der Waals surface area contributed by atoms with E-state index in [9.17, 15) is 14.4 Å². The molecule has 0 radical (unpaired) electrons. The third kappa shape index (κ3) is 5.60. The van der Waals surface area contributed by atoms with Gasteiger partial charge in [-0.05, 0) is 41.8 Å². The number of benzene rings is 3. The van der Waals surface area contributed by atoms with Gasteiger partial charge in [0.05, 0.1) is 30.5 Å². The molecule has 2 N–H and O–H groups in total. The molecule has 3 saturated heterocycles. The fourth-order valence-corrected chi connectivity index (χ4v) is 6.72. The lowest BCUT2D eigenvalue weighted by Crippen LogP contribution is -2.60. The Morgan fingerprint density at radius 1 is 0.976 bits per heavy atom. The van der Waals surface area contributed by atoms with Crippen LogP contribution in [-0.4, -0.2) is 67.3 Å². The molecule has 0 aliphatic carbocycles. The topological polar surface area (TPSA) is 97.0 Å². The van der Waals surface area contributed by atoms with Crippen molar-refractivity contribution in [2.75, 3.05) is 24.7 Å². The second-order valence-electron chi connectivity index (χ2n) is 11.6. The number of nitrogens with zero attached hydrogens (tertiary/aromatic N) is 1. The van der Waals surface area contributed by atoms with Gasteiger partial charge in [-0.25, -0.2) is 4.79 Å². The predicted octanol–water partition coefficient (Wildman–Crippen LogP) is 5.70. The smallest absolute Gasteiger partial charge is 0.411 e. The minimum absolute atomic E-state index is 0.146. The van der Waals surface area contributed by atoms with Gasteiger partial charge >= 0.3 is 6.09 Å². The molecule has 0 saturated carbocycles. The summed E-state index contributed by atoms with van der Waals surface area (Å²) in [6.07, 6.45) is 2.91. The second-order valence-corrected chi connectivity index (χ2v) is 12.0. The molecule has 212 valence electrons. The van der Waals surface area contributed by atoms with Crippen LogP contribution >= 0.6 is 11.6 Å². The Labute approximate surface area is 244 Å². The highest BCUT2D eigenvalue weighted by molar-refractivity contribution is 6.34. The van der Waals surface area contributed by atoms with Crippen LogP contribution in [-0.2, 0) is 20.7 Å². The zero-order valence-electron chi connectivity index (χ0n) is 23.0. The van der Waals surface area contributed by atoms with Crippen molar-refractivity contribution in [3.63, 3.8) is 0 Å². The first kappa shape index (κ1) is 27.4. The summed E-state index contributed by atoms with van der Waals surface area (Å²) in [5.41, 5.74) is 4.25. The van der Waals surface area contributed by atoms with Gasteiger partial charge in [0.2, 0.25) is 5.91 Å². The number of carbonyl (C=O) groups is 3. The molecular weight excluding hydrogens is 542 g/mol. The Morgan fingerprint density at radius 2 is 1.71 bits per heavy atom. The molecule has 3 heterocycles. The first-order chi connectivity index (χ1) is 19.7. The number of ether oxygens (including phenoxy) is 2. The van der Waals surface area contributed by atoms with E-state index in [1.807, 2.05) is 48.5 Å². The number of aryl methyl sites for hydroxylation is 1. The number of likely N-dealkylation sites (N-methyl/N-ethyl adjacent to an activating group) is 1. The Kier molecular flexibility index (Phi) is 7.32. The number of rotatable bonds is 8. The van der Waals surface area contributed by atoms with Crippen molar-refractivity contribution in [1.82, 2.24) is 0 Å². The summed E-state index contributed by atoms with van der Waals surface area (Å²) in [5, 5.41) is 6.09. The van der Waals surface area contributed by atoms with Gasteiger partial charge < -0.3 is 19.3 Å². The summed E-state index contributed by atoms with van der Waals surface area (Å²) in [6.45, 7) is 0. The highest BCUT2D eigenvalue weighted by Crippen LogP contribution is 2.51. The van der Waals surface area contributed by atoms with Gasteiger partial charge in [0.25, 0.3) is 0 Å². The molecule has 1 unspecified atom stereocenters. The van der Waals surface area contributed by atoms with E-state index in [2.05, 4.69) is 24.7 Å². The normalized spacial score (nSPS) is 25.1. The van der Waals surface area contributed by atoms with E-state index < -0.39 is 6.09 Å². The van der Waals surface area contributed by atoms with E-state index in [-0.39, 0.29) is 30.6 Å². The molecule has 3 aliphatic rings. The van der Waals surface area contributed by atoms with Crippen LogP contribution in [0.1, 0.15) is 35.2 Å². The van der Waals surface area contributed by atoms with Crippen molar-refractivity contribution in [1.29, 1.82) is 0 Å². The average molecular weight is 575 g/mol. The van der Waals surface area contributed by atoms with Gasteiger partial charge in [0.15, 0.2) is 0 Å². The van der Waals surface area contributed by atoms with Crippen molar-refractivity contribution in [3.8, 4) is 11.1 Å². The number of quaternary nitrogens is 1. The lowest BCUT2D eigenvalue weighted by molar-refractivity contribution is -0.938. The number of epoxide rings is 1. The van der Waals surface area contributed by atoms with Crippen LogP contribution in [0.4, 0.5) is 16.2 Å². The van der Waals surface area contributed by atoms with Gasteiger partial charge in [-0.1, -0.05) is 54.1 Å². The van der Waals surface area contributed by atoms with Crippen molar-refractivity contribution < 1.29 is 28.3 Å². The van der Waals surface area contributed by atoms with Crippen LogP contribution in [0.3, 0.4) is 0 Å². The van der Waals surface area contributed by atoms with Gasteiger partial charge in [0.1, 0.15) is 36.7 Å². The lowest BCUT2D eigenvalue weighted by atomic mass is 9.96. The molecule has 3 aromatic carbocycles. The van der Waals surface area contributed by atoms with Crippen molar-refractivity contribution in [2.45, 2.75) is 56.1 Å². The van der Waals surface area contributed by atoms with Crippen LogP contribution in [0.25, 0.3) is 11.1 Å². The van der Waals surface area contributed by atoms with Crippen molar-refractivity contribution in [2.24, 2.45) is 0 Å². The minimum atomic E-state index is -0.475. The highest BCUT2D eigenvalue weighted by atomic mass is 35.5. The molecule has 8 nitrogen and oxygen atoms in total. The molecule has 3 aromatic rings. The van der Waals surface area contributed by atoms with E-state index in [0.29, 0.717) is 46.8 Å². The molecule has 0 spiro atoms. The standard InChI is InChI=1S/C32H32ClN3O5/c1-36(2)27-16-22(17-28(36)31-30(27)41-31)40-32(39)35-26-15-19(8-11-23(26)21-6-4-3-5-7-21)10-13-29(38)34-25-12-9-20(18-37)14-24(25)33/h3-9,11-12,14-15,18,22,27-28,30-31H,10,13,16-17H2,1-2H3,(H-,34,35,37,38,39)/p+1/t22?,27-,28+,30-,31+. The number of nitrogens with one attached hydrogen (secondary N) is 2. The molecule has 2 amide bonds. The van der Waals surface area contributed by atoms with Crippen LogP contribution in [0, 0.1) is 0 Å². The summed E-state index contributed by atoms with van der Waals surface area (Å²) >= 11 is 6.19. The molecular formula is C32H33ClN3O5+. The van der Waals surface area contributed by atoms with Crippen molar-refractivity contribution >= 4 is 41.3 Å². The Bertz CT molecular complexity index is 1470. The molecule has 3 fully saturated rings. The number of halogens is 1. The average Bonchev–Trinajstić information content (AvgIpc) is 3.72. The van der Waals surface area contributed by atoms with Crippen LogP contribution < -0.4 is 10.6 Å². The maximum atomic E-state index is 13.1. The summed E-state index contributed by atoms with van der Waals surface area (Å²) in [5.74, 6) is -0.206. The van der Waals surface area contributed by atoms with E-state index >= 15 is 0 Å². The fourth-order valence-electron chi connectivity index (χ4n) is 6.49. The fraction of sp³-hybridized carbons (Fsp3) is 0.344. The number of aldehydes is 1.